The molecule has 21 heavy (non-hydrogen) atoms. The monoisotopic (exact) mass is 296 g/mol. The normalized spacial score (nSPS) is 27.4. The fraction of sp³-hybridized carbons (Fsp3) is 0.667. The van der Waals surface area contributed by atoms with Crippen molar-refractivity contribution in [3.8, 4) is 0 Å². The van der Waals surface area contributed by atoms with E-state index in [0.717, 1.165) is 25.3 Å². The molecule has 1 aliphatic carbocycles. The highest BCUT2D eigenvalue weighted by atomic mass is 19.1. The van der Waals surface area contributed by atoms with Crippen LogP contribution in [0.1, 0.15) is 58.4 Å². The Kier molecular flexibility index (Phi) is 4.72. The number of halogens is 2. The molecule has 3 heteroatoms. The molecule has 118 valence electrons. The Bertz CT molecular complexity index is 492. The lowest BCUT2D eigenvalue weighted by atomic mass is 9.76. The van der Waals surface area contributed by atoms with Crippen molar-refractivity contribution in [3.63, 3.8) is 0 Å². The molecule has 0 heterocycles. The molecule has 1 aromatic carbocycles. The highest BCUT2D eigenvalue weighted by Crippen LogP contribution is 2.40. The summed E-state index contributed by atoms with van der Waals surface area (Å²) in [6, 6.07) is 3.61. The molecule has 1 saturated carbocycles. The van der Waals surface area contributed by atoms with E-state index < -0.39 is 17.2 Å². The van der Waals surface area contributed by atoms with E-state index in [1.165, 1.54) is 12.1 Å². The quantitative estimate of drug-likeness (QED) is 0.772. The van der Waals surface area contributed by atoms with Gasteiger partial charge in [0.15, 0.2) is 0 Å². The Morgan fingerprint density at radius 2 is 1.90 bits per heavy atom. The highest BCUT2D eigenvalue weighted by Gasteiger charge is 2.35. The van der Waals surface area contributed by atoms with Crippen molar-refractivity contribution in [1.82, 2.24) is 0 Å². The zero-order valence-corrected chi connectivity index (χ0v) is 13.3. The summed E-state index contributed by atoms with van der Waals surface area (Å²) < 4.78 is 26.8. The van der Waals surface area contributed by atoms with E-state index in [1.54, 1.807) is 0 Å². The Balaban J connectivity index is 2.08. The second-order valence-corrected chi connectivity index (χ2v) is 7.63. The fourth-order valence-electron chi connectivity index (χ4n) is 3.45. The minimum absolute atomic E-state index is 0.242. The van der Waals surface area contributed by atoms with E-state index in [2.05, 4.69) is 20.8 Å². The molecule has 0 saturated heterocycles. The summed E-state index contributed by atoms with van der Waals surface area (Å²) in [7, 11) is 0. The van der Waals surface area contributed by atoms with Crippen LogP contribution >= 0.6 is 0 Å². The van der Waals surface area contributed by atoms with Crippen molar-refractivity contribution >= 4 is 0 Å². The molecule has 1 aliphatic rings. The maximum atomic E-state index is 13.8. The number of rotatable bonds is 2. The summed E-state index contributed by atoms with van der Waals surface area (Å²) in [6.07, 6.45) is 4.68. The van der Waals surface area contributed by atoms with Crippen LogP contribution in [0.2, 0.25) is 0 Å². The van der Waals surface area contributed by atoms with Gasteiger partial charge in [0.1, 0.15) is 11.6 Å². The first kappa shape index (κ1) is 16.4. The number of benzene rings is 1. The largest absolute Gasteiger partial charge is 0.390 e. The summed E-state index contributed by atoms with van der Waals surface area (Å²) in [4.78, 5) is 0. The van der Waals surface area contributed by atoms with Gasteiger partial charge in [-0.2, -0.15) is 0 Å². The van der Waals surface area contributed by atoms with Crippen LogP contribution in [0.5, 0.6) is 0 Å². The lowest BCUT2D eigenvalue weighted by Gasteiger charge is -2.31. The predicted octanol–water partition coefficient (Wildman–Crippen LogP) is 4.86. The van der Waals surface area contributed by atoms with Crippen molar-refractivity contribution in [2.45, 2.75) is 64.9 Å². The maximum Gasteiger partial charge on any atom is 0.129 e. The molecule has 0 amide bonds. The molecular weight excluding hydrogens is 270 g/mol. The number of aliphatic hydroxyl groups is 1. The Labute approximate surface area is 126 Å². The number of hydrogen-bond acceptors (Lipinski definition) is 1. The van der Waals surface area contributed by atoms with Crippen LogP contribution in [0.4, 0.5) is 8.78 Å². The minimum Gasteiger partial charge on any atom is -0.390 e. The molecule has 1 nitrogen and oxygen atoms in total. The zero-order valence-electron chi connectivity index (χ0n) is 13.3. The van der Waals surface area contributed by atoms with E-state index in [9.17, 15) is 13.9 Å². The van der Waals surface area contributed by atoms with Crippen LogP contribution in [0, 0.1) is 23.0 Å². The van der Waals surface area contributed by atoms with Crippen molar-refractivity contribution in [3.05, 3.63) is 35.4 Å². The summed E-state index contributed by atoms with van der Waals surface area (Å²) in [5.74, 6) is -0.540. The van der Waals surface area contributed by atoms with Crippen LogP contribution in [0.25, 0.3) is 0 Å². The van der Waals surface area contributed by atoms with Gasteiger partial charge in [0.2, 0.25) is 0 Å². The van der Waals surface area contributed by atoms with E-state index in [0.29, 0.717) is 24.3 Å². The average molecular weight is 296 g/mol. The zero-order chi connectivity index (χ0) is 15.7. The van der Waals surface area contributed by atoms with Crippen LogP contribution < -0.4 is 0 Å². The molecule has 2 atom stereocenters. The van der Waals surface area contributed by atoms with Gasteiger partial charge in [0.05, 0.1) is 5.60 Å². The molecule has 0 radical (unpaired) electrons. The third-order valence-corrected chi connectivity index (χ3v) is 4.91. The first-order valence-electron chi connectivity index (χ1n) is 7.86. The van der Waals surface area contributed by atoms with Gasteiger partial charge in [0.25, 0.3) is 0 Å². The highest BCUT2D eigenvalue weighted by molar-refractivity contribution is 5.20. The van der Waals surface area contributed by atoms with Crippen molar-refractivity contribution in [1.29, 1.82) is 0 Å². The van der Waals surface area contributed by atoms with Crippen molar-refractivity contribution < 1.29 is 13.9 Å². The molecule has 0 aromatic heterocycles. The Hall–Kier alpha value is -0.960. The number of hydrogen-bond donors (Lipinski definition) is 1. The van der Waals surface area contributed by atoms with Crippen LogP contribution in [-0.2, 0) is 6.42 Å². The molecule has 1 aromatic rings. The third kappa shape index (κ3) is 4.26. The molecular formula is C18H26F2O. The smallest absolute Gasteiger partial charge is 0.129 e. The van der Waals surface area contributed by atoms with Gasteiger partial charge in [-0.05, 0) is 48.6 Å². The van der Waals surface area contributed by atoms with Crippen LogP contribution in [-0.4, -0.2) is 10.7 Å². The van der Waals surface area contributed by atoms with Gasteiger partial charge in [-0.25, -0.2) is 8.78 Å². The molecule has 1 N–H and O–H groups in total. The summed E-state index contributed by atoms with van der Waals surface area (Å²) in [5.41, 5.74) is -0.210. The van der Waals surface area contributed by atoms with Gasteiger partial charge in [-0.3, -0.25) is 0 Å². The van der Waals surface area contributed by atoms with E-state index in [1.807, 2.05) is 0 Å². The molecule has 1 fully saturated rings. The van der Waals surface area contributed by atoms with Crippen LogP contribution in [0.3, 0.4) is 0 Å². The second-order valence-electron chi connectivity index (χ2n) is 7.63. The average Bonchev–Trinajstić information content (AvgIpc) is 2.55. The SMILES string of the molecule is CC(C)(C)C1CCCC(O)(Cc2ccc(F)cc2F)CC1. The Morgan fingerprint density at radius 3 is 2.52 bits per heavy atom. The molecule has 0 aliphatic heterocycles. The lowest BCUT2D eigenvalue weighted by Crippen LogP contribution is -2.31. The molecule has 2 unspecified atom stereocenters. The van der Waals surface area contributed by atoms with Crippen molar-refractivity contribution in [2.24, 2.45) is 11.3 Å². The summed E-state index contributed by atoms with van der Waals surface area (Å²) in [5, 5.41) is 10.8. The van der Waals surface area contributed by atoms with Gasteiger partial charge in [-0.1, -0.05) is 33.3 Å². The molecule has 2 rings (SSSR count). The standard InChI is InChI=1S/C18H26F2O/c1-17(2,3)14-5-4-9-18(21,10-8-14)12-13-6-7-15(19)11-16(13)20/h6-7,11,14,21H,4-5,8-10,12H2,1-3H3. The third-order valence-electron chi connectivity index (χ3n) is 4.91. The van der Waals surface area contributed by atoms with Gasteiger partial charge in [0, 0.05) is 12.5 Å². The first-order valence-corrected chi connectivity index (χ1v) is 7.86. The predicted molar refractivity (Wildman–Crippen MR) is 81.0 cm³/mol. The lowest BCUT2D eigenvalue weighted by molar-refractivity contribution is 0.0217. The van der Waals surface area contributed by atoms with E-state index in [-0.39, 0.29) is 11.8 Å². The van der Waals surface area contributed by atoms with E-state index in [4.69, 9.17) is 0 Å². The summed E-state index contributed by atoms with van der Waals surface area (Å²) in [6.45, 7) is 6.71. The van der Waals surface area contributed by atoms with Gasteiger partial charge >= 0.3 is 0 Å². The fourth-order valence-corrected chi connectivity index (χ4v) is 3.45. The van der Waals surface area contributed by atoms with Gasteiger partial charge < -0.3 is 5.11 Å². The van der Waals surface area contributed by atoms with Gasteiger partial charge in [-0.15, -0.1) is 0 Å². The Morgan fingerprint density at radius 1 is 1.19 bits per heavy atom. The van der Waals surface area contributed by atoms with E-state index >= 15 is 0 Å². The van der Waals surface area contributed by atoms with Crippen LogP contribution in [0.15, 0.2) is 18.2 Å². The second kappa shape index (κ2) is 6.04. The van der Waals surface area contributed by atoms with Crippen molar-refractivity contribution in [2.75, 3.05) is 0 Å². The molecule has 0 bridgehead atoms. The topological polar surface area (TPSA) is 20.2 Å². The minimum atomic E-state index is -0.862. The molecule has 0 spiro atoms. The summed E-state index contributed by atoms with van der Waals surface area (Å²) >= 11 is 0. The first-order chi connectivity index (χ1) is 9.70. The maximum absolute atomic E-state index is 13.8.